The van der Waals surface area contributed by atoms with Gasteiger partial charge in [0.05, 0.1) is 22.1 Å². The van der Waals surface area contributed by atoms with Crippen LogP contribution in [-0.2, 0) is 41.9 Å². The minimum absolute atomic E-state index is 0.00150. The highest BCUT2D eigenvalue weighted by Gasteiger charge is 2.49. The van der Waals surface area contributed by atoms with Gasteiger partial charge >= 0.3 is 6.03 Å². The monoisotopic (exact) mass is 741 g/mol. The van der Waals surface area contributed by atoms with Gasteiger partial charge < -0.3 is 26.6 Å². The number of urea groups is 1. The summed E-state index contributed by atoms with van der Waals surface area (Å²) in [6.45, 7) is 11.4. The van der Waals surface area contributed by atoms with Crippen LogP contribution < -0.4 is 21.7 Å². The van der Waals surface area contributed by atoms with E-state index in [1.54, 1.807) is 25.7 Å². The first-order chi connectivity index (χ1) is 24.2. The van der Waals surface area contributed by atoms with Gasteiger partial charge in [0, 0.05) is 6.54 Å². The van der Waals surface area contributed by atoms with Crippen LogP contribution in [0.15, 0.2) is 24.3 Å². The van der Waals surface area contributed by atoms with Crippen molar-refractivity contribution in [3.8, 4) is 0 Å². The lowest BCUT2D eigenvalue weighted by molar-refractivity contribution is -0.150. The number of sulfone groups is 1. The molecule has 1 aromatic rings. The fourth-order valence-corrected chi connectivity index (χ4v) is 9.76. The number of nitrogens with one attached hydrogen (secondary N) is 3. The van der Waals surface area contributed by atoms with Crippen LogP contribution in [0.25, 0.3) is 0 Å². The lowest BCUT2D eigenvalue weighted by atomic mass is 9.71. The van der Waals surface area contributed by atoms with E-state index in [2.05, 4.69) is 16.0 Å². The number of fused-ring (bicyclic) bond motifs is 1. The molecule has 2 saturated carbocycles. The zero-order chi connectivity index (χ0) is 38.2. The van der Waals surface area contributed by atoms with Crippen LogP contribution in [-0.4, -0.2) is 83.6 Å². The predicted octanol–water partition coefficient (Wildman–Crippen LogP) is 3.59. The van der Waals surface area contributed by atoms with E-state index < -0.39 is 67.8 Å². The molecule has 288 valence electrons. The number of rotatable bonds is 12. The molecule has 0 radical (unpaired) electrons. The Bertz CT molecular complexity index is 1630. The minimum atomic E-state index is -3.59. The SMILES string of the molecule is CC1CN(C(=O)[C@@H](NC(=O)NC2(CS(=O)(=O)C(C)(C)C)CCCCC2)C2Cc3ccccc3C2)[C@H](C(=O)NC(CC2CC2)C(=O)C(N)=O)CC1(C)C. The molecular weight excluding hydrogens is 683 g/mol. The lowest BCUT2D eigenvalue weighted by Gasteiger charge is -2.48. The molecule has 1 aliphatic heterocycles. The summed E-state index contributed by atoms with van der Waals surface area (Å²) in [6, 6.07) is 4.26. The number of primary amides is 1. The van der Waals surface area contributed by atoms with Crippen molar-refractivity contribution in [2.24, 2.45) is 28.9 Å². The van der Waals surface area contributed by atoms with Crippen LogP contribution in [0.3, 0.4) is 0 Å². The highest BCUT2D eigenvalue weighted by molar-refractivity contribution is 7.92. The maximum atomic E-state index is 15.0. The van der Waals surface area contributed by atoms with Crippen molar-refractivity contribution in [2.45, 2.75) is 141 Å². The maximum Gasteiger partial charge on any atom is 0.315 e. The number of likely N-dealkylation sites (tertiary alicyclic amines) is 1. The molecule has 12 nitrogen and oxygen atoms in total. The third-order valence-corrected chi connectivity index (χ3v) is 15.1. The summed E-state index contributed by atoms with van der Waals surface area (Å²) in [6.07, 6.45) is 7.03. The Hall–Kier alpha value is -3.48. The summed E-state index contributed by atoms with van der Waals surface area (Å²) in [5.41, 5.74) is 6.22. The molecule has 0 spiro atoms. The number of hydrogen-bond acceptors (Lipinski definition) is 7. The molecule has 4 atom stereocenters. The number of ketones is 1. The molecule has 0 bridgehead atoms. The quantitative estimate of drug-likeness (QED) is 0.236. The Morgan fingerprint density at radius 3 is 2.10 bits per heavy atom. The molecule has 1 heterocycles. The Labute approximate surface area is 309 Å². The summed E-state index contributed by atoms with van der Waals surface area (Å²) in [4.78, 5) is 69.5. The Balaban J connectivity index is 1.44. The van der Waals surface area contributed by atoms with Crippen LogP contribution in [0.5, 0.6) is 0 Å². The highest BCUT2D eigenvalue weighted by Crippen LogP contribution is 2.40. The second-order valence-corrected chi connectivity index (χ2v) is 20.5. The molecule has 3 fully saturated rings. The van der Waals surface area contributed by atoms with Crippen LogP contribution in [0.1, 0.15) is 110 Å². The molecule has 13 heteroatoms. The van der Waals surface area contributed by atoms with Crippen LogP contribution in [0.4, 0.5) is 4.79 Å². The van der Waals surface area contributed by atoms with Crippen molar-refractivity contribution in [1.29, 1.82) is 0 Å². The maximum absolute atomic E-state index is 15.0. The Morgan fingerprint density at radius 2 is 1.56 bits per heavy atom. The fourth-order valence-electron chi connectivity index (χ4n) is 8.24. The van der Waals surface area contributed by atoms with E-state index in [1.165, 1.54) is 0 Å². The van der Waals surface area contributed by atoms with E-state index in [1.807, 2.05) is 45.0 Å². The number of carbonyl (C=O) groups excluding carboxylic acids is 5. The fraction of sp³-hybridized carbons (Fsp3) is 0.718. The highest BCUT2D eigenvalue weighted by atomic mass is 32.2. The van der Waals surface area contributed by atoms with Gasteiger partial charge in [0.1, 0.15) is 12.1 Å². The number of Topliss-reactive ketones (excluding diaryl/α,β-unsaturated/α-hetero) is 1. The van der Waals surface area contributed by atoms with E-state index in [0.717, 1.165) is 43.2 Å². The van der Waals surface area contributed by atoms with Gasteiger partial charge in [-0.15, -0.1) is 0 Å². The second-order valence-electron chi connectivity index (χ2n) is 17.8. The smallest absolute Gasteiger partial charge is 0.315 e. The lowest BCUT2D eigenvalue weighted by Crippen LogP contribution is -2.65. The number of amides is 5. The molecule has 1 saturated heterocycles. The number of benzene rings is 1. The van der Waals surface area contributed by atoms with Crippen molar-refractivity contribution in [1.82, 2.24) is 20.9 Å². The van der Waals surface area contributed by atoms with Gasteiger partial charge in [-0.3, -0.25) is 19.2 Å². The van der Waals surface area contributed by atoms with Gasteiger partial charge in [-0.1, -0.05) is 77.1 Å². The second kappa shape index (κ2) is 15.1. The first-order valence-corrected chi connectivity index (χ1v) is 20.7. The van der Waals surface area contributed by atoms with E-state index in [9.17, 15) is 32.4 Å². The van der Waals surface area contributed by atoms with Crippen LogP contribution in [0, 0.1) is 23.2 Å². The number of piperidine rings is 1. The minimum Gasteiger partial charge on any atom is -0.363 e. The summed E-state index contributed by atoms with van der Waals surface area (Å²) >= 11 is 0. The standard InChI is InChI=1S/C39H59N5O7S/c1-24-22-44(30(21-38(24,5)6)34(47)41-29(18-25-14-15-25)32(45)33(40)46)35(48)31(28-19-26-12-8-9-13-27(26)20-28)42-36(49)43-39(16-10-7-11-17-39)23-52(50,51)37(2,3)4/h8-9,12-13,24-25,28-31H,7,10-11,14-23H2,1-6H3,(H2,40,46)(H,41,47)(H2,42,43,49)/t24?,29?,30-,31-/m0/s1. The molecule has 3 aliphatic carbocycles. The molecule has 0 aromatic heterocycles. The van der Waals surface area contributed by atoms with Crippen molar-refractivity contribution in [3.05, 3.63) is 35.4 Å². The summed E-state index contributed by atoms with van der Waals surface area (Å²) in [5.74, 6) is -3.20. The summed E-state index contributed by atoms with van der Waals surface area (Å²) in [7, 11) is -3.59. The summed E-state index contributed by atoms with van der Waals surface area (Å²) < 4.78 is 25.9. The van der Waals surface area contributed by atoms with Crippen LogP contribution >= 0.6 is 0 Å². The van der Waals surface area contributed by atoms with E-state index >= 15 is 0 Å². The molecule has 1 aromatic carbocycles. The largest absolute Gasteiger partial charge is 0.363 e. The van der Waals surface area contributed by atoms with Crippen molar-refractivity contribution in [3.63, 3.8) is 0 Å². The predicted molar refractivity (Wildman–Crippen MR) is 199 cm³/mol. The number of nitrogens with two attached hydrogens (primary N) is 1. The van der Waals surface area contributed by atoms with Crippen molar-refractivity contribution in [2.75, 3.05) is 12.3 Å². The third-order valence-electron chi connectivity index (χ3n) is 12.3. The average molecular weight is 742 g/mol. The van der Waals surface area contributed by atoms with E-state index in [4.69, 9.17) is 5.73 Å². The molecular formula is C39H59N5O7S. The van der Waals surface area contributed by atoms with Gasteiger partial charge in [-0.2, -0.15) is 0 Å². The molecule has 5 rings (SSSR count). The molecule has 52 heavy (non-hydrogen) atoms. The van der Waals surface area contributed by atoms with E-state index in [0.29, 0.717) is 38.5 Å². The Morgan fingerprint density at radius 1 is 0.962 bits per heavy atom. The third kappa shape index (κ3) is 8.99. The Kier molecular flexibility index (Phi) is 11.5. The number of nitrogens with zero attached hydrogens (tertiary/aromatic N) is 1. The normalized spacial score (nSPS) is 24.2. The number of hydrogen-bond donors (Lipinski definition) is 4. The first kappa shape index (κ1) is 39.7. The average Bonchev–Trinajstić information content (AvgIpc) is 3.77. The first-order valence-electron chi connectivity index (χ1n) is 19.0. The van der Waals surface area contributed by atoms with Crippen molar-refractivity contribution < 1.29 is 32.4 Å². The number of carbonyl (C=O) groups is 5. The topological polar surface area (TPSA) is 185 Å². The van der Waals surface area contributed by atoms with Gasteiger partial charge in [0.2, 0.25) is 17.6 Å². The molecule has 2 unspecified atom stereocenters. The van der Waals surface area contributed by atoms with Gasteiger partial charge in [-0.05, 0) is 93.6 Å². The van der Waals surface area contributed by atoms with Crippen molar-refractivity contribution >= 4 is 39.4 Å². The van der Waals surface area contributed by atoms with Gasteiger partial charge in [0.25, 0.3) is 5.91 Å². The zero-order valence-corrected chi connectivity index (χ0v) is 32.6. The molecule has 5 amide bonds. The van der Waals surface area contributed by atoms with E-state index in [-0.39, 0.29) is 35.5 Å². The molecule has 5 N–H and O–H groups in total. The summed E-state index contributed by atoms with van der Waals surface area (Å²) in [5, 5.41) is 8.86. The van der Waals surface area contributed by atoms with Gasteiger partial charge in [0.15, 0.2) is 9.84 Å². The zero-order valence-electron chi connectivity index (χ0n) is 31.8. The van der Waals surface area contributed by atoms with Gasteiger partial charge in [-0.25, -0.2) is 13.2 Å². The van der Waals surface area contributed by atoms with Crippen LogP contribution in [0.2, 0.25) is 0 Å². The molecule has 4 aliphatic rings.